The van der Waals surface area contributed by atoms with Gasteiger partial charge in [0.15, 0.2) is 11.6 Å². The van der Waals surface area contributed by atoms with Crippen LogP contribution in [0.1, 0.15) is 38.9 Å². The second kappa shape index (κ2) is 15.7. The van der Waals surface area contributed by atoms with E-state index in [9.17, 15) is 0 Å². The number of aryl methyl sites for hydroxylation is 6. The van der Waals surface area contributed by atoms with Crippen LogP contribution in [0.2, 0.25) is 0 Å². The lowest BCUT2D eigenvalue weighted by Gasteiger charge is -2.34. The Hall–Kier alpha value is -6.85. The zero-order valence-electron chi connectivity index (χ0n) is 33.7. The minimum absolute atomic E-state index is 0.533. The molecule has 0 amide bonds. The summed E-state index contributed by atoms with van der Waals surface area (Å²) >= 11 is 0. The maximum atomic E-state index is 5.28. The minimum Gasteiger partial charge on any atom is -0.309 e. The van der Waals surface area contributed by atoms with Crippen LogP contribution in [0.25, 0.3) is 33.9 Å². The first-order chi connectivity index (χ1) is 27.7. The largest absolute Gasteiger partial charge is 0.309 e. The van der Waals surface area contributed by atoms with Gasteiger partial charge in [0, 0.05) is 16.8 Å². The predicted octanol–water partition coefficient (Wildman–Crippen LogP) is 14.0. The van der Waals surface area contributed by atoms with Crippen molar-refractivity contribution < 1.29 is 0 Å². The number of hydrogen-bond acceptors (Lipinski definition) is 5. The normalized spacial score (nSPS) is 11.1. The SMILES string of the molecule is Cc1cc(C)c(N(c2cccc(N(c3cccc(-c4ccccc4)c3)c3nc(-c4ccccc4)nc(-c4ccccc4)n3)c2C)c2c(C)cc(C)cc2C)c(C)c1. The molecule has 0 N–H and O–H groups in total. The molecule has 0 spiro atoms. The van der Waals surface area contributed by atoms with E-state index in [0.717, 1.165) is 44.9 Å². The molecule has 0 aliphatic heterocycles. The maximum Gasteiger partial charge on any atom is 0.238 e. The molecule has 8 aromatic rings. The van der Waals surface area contributed by atoms with Crippen LogP contribution >= 0.6 is 0 Å². The molecule has 0 saturated heterocycles. The number of benzene rings is 7. The molecule has 0 saturated carbocycles. The molecule has 0 bridgehead atoms. The highest BCUT2D eigenvalue weighted by atomic mass is 15.3. The van der Waals surface area contributed by atoms with Gasteiger partial charge in [-0.05, 0) is 112 Å². The highest BCUT2D eigenvalue weighted by molar-refractivity contribution is 5.89. The number of rotatable bonds is 9. The fourth-order valence-electron chi connectivity index (χ4n) is 8.21. The van der Waals surface area contributed by atoms with Crippen LogP contribution in [-0.4, -0.2) is 15.0 Å². The molecule has 57 heavy (non-hydrogen) atoms. The van der Waals surface area contributed by atoms with Crippen molar-refractivity contribution in [2.45, 2.75) is 48.5 Å². The molecule has 1 heterocycles. The maximum absolute atomic E-state index is 5.28. The van der Waals surface area contributed by atoms with Crippen LogP contribution in [0.15, 0.2) is 158 Å². The van der Waals surface area contributed by atoms with E-state index in [1.165, 1.54) is 44.8 Å². The van der Waals surface area contributed by atoms with Crippen molar-refractivity contribution in [3.8, 4) is 33.9 Å². The fourth-order valence-corrected chi connectivity index (χ4v) is 8.21. The third-order valence-electron chi connectivity index (χ3n) is 10.6. The zero-order valence-corrected chi connectivity index (χ0v) is 33.7. The molecule has 0 aliphatic rings. The molecule has 0 aliphatic carbocycles. The predicted molar refractivity (Wildman–Crippen MR) is 239 cm³/mol. The topological polar surface area (TPSA) is 45.2 Å². The third kappa shape index (κ3) is 7.44. The van der Waals surface area contributed by atoms with E-state index >= 15 is 0 Å². The van der Waals surface area contributed by atoms with Crippen molar-refractivity contribution in [1.29, 1.82) is 0 Å². The summed E-state index contributed by atoms with van der Waals surface area (Å²) in [5.41, 5.74) is 17.9. The Morgan fingerprint density at radius 3 is 1.23 bits per heavy atom. The first-order valence-electron chi connectivity index (χ1n) is 19.5. The van der Waals surface area contributed by atoms with Gasteiger partial charge in [-0.3, -0.25) is 4.90 Å². The van der Waals surface area contributed by atoms with Crippen molar-refractivity contribution in [2.75, 3.05) is 9.80 Å². The van der Waals surface area contributed by atoms with Gasteiger partial charge in [0.25, 0.3) is 0 Å². The molecule has 1 aromatic heterocycles. The summed E-state index contributed by atoms with van der Waals surface area (Å²) in [5, 5.41) is 0. The number of anilines is 6. The van der Waals surface area contributed by atoms with Gasteiger partial charge in [-0.1, -0.05) is 145 Å². The molecule has 5 heteroatoms. The molecule has 0 unspecified atom stereocenters. The average Bonchev–Trinajstić information content (AvgIpc) is 3.21. The summed E-state index contributed by atoms with van der Waals surface area (Å²) in [4.78, 5) is 20.3. The molecule has 0 radical (unpaired) electrons. The van der Waals surface area contributed by atoms with E-state index in [1.54, 1.807) is 0 Å². The van der Waals surface area contributed by atoms with E-state index < -0.39 is 0 Å². The van der Waals surface area contributed by atoms with Gasteiger partial charge in [-0.25, -0.2) is 4.98 Å². The van der Waals surface area contributed by atoms with Crippen LogP contribution in [0, 0.1) is 48.5 Å². The molecular weight excluding hydrogens is 695 g/mol. The van der Waals surface area contributed by atoms with Crippen molar-refractivity contribution in [3.05, 3.63) is 197 Å². The van der Waals surface area contributed by atoms with Crippen LogP contribution in [0.3, 0.4) is 0 Å². The molecule has 8 rings (SSSR count). The van der Waals surface area contributed by atoms with Crippen molar-refractivity contribution in [3.63, 3.8) is 0 Å². The monoisotopic (exact) mass is 741 g/mol. The summed E-state index contributed by atoms with van der Waals surface area (Å²) in [5.74, 6) is 1.75. The summed E-state index contributed by atoms with van der Waals surface area (Å²) in [6.45, 7) is 15.5. The van der Waals surface area contributed by atoms with Crippen molar-refractivity contribution in [1.82, 2.24) is 15.0 Å². The lowest BCUT2D eigenvalue weighted by atomic mass is 9.97. The standard InChI is InChI=1S/C52H47N5/c1-34-29-36(3)48(37(4)30-34)57(49-38(5)31-35(2)32-39(49)6)47-28-18-27-46(40(47)7)56(45-26-17-25-44(33-45)41-19-11-8-12-20-41)52-54-50(42-21-13-9-14-22-42)53-51(55-52)43-23-15-10-16-24-43/h8-33H,1-7H3. The summed E-state index contributed by atoms with van der Waals surface area (Å²) in [6, 6.07) is 55.2. The number of nitrogens with zero attached hydrogens (tertiary/aromatic N) is 5. The Bertz CT molecular complexity index is 2540. The van der Waals surface area contributed by atoms with E-state index in [1.807, 2.05) is 36.4 Å². The van der Waals surface area contributed by atoms with Crippen molar-refractivity contribution in [2.24, 2.45) is 0 Å². The Balaban J connectivity index is 1.42. The minimum atomic E-state index is 0.533. The van der Waals surface area contributed by atoms with Gasteiger partial charge in [-0.2, -0.15) is 9.97 Å². The first-order valence-corrected chi connectivity index (χ1v) is 19.5. The van der Waals surface area contributed by atoms with E-state index in [-0.39, 0.29) is 0 Å². The first kappa shape index (κ1) is 37.1. The van der Waals surface area contributed by atoms with Crippen LogP contribution in [-0.2, 0) is 0 Å². The number of aromatic nitrogens is 3. The second-order valence-electron chi connectivity index (χ2n) is 15.0. The second-order valence-corrected chi connectivity index (χ2v) is 15.0. The Labute approximate surface area is 337 Å². The van der Waals surface area contributed by atoms with Gasteiger partial charge >= 0.3 is 0 Å². The van der Waals surface area contributed by atoms with Crippen LogP contribution in [0.5, 0.6) is 0 Å². The van der Waals surface area contributed by atoms with Gasteiger partial charge < -0.3 is 4.90 Å². The van der Waals surface area contributed by atoms with E-state index in [2.05, 4.69) is 180 Å². The lowest BCUT2D eigenvalue weighted by molar-refractivity contribution is 1.02. The molecule has 7 aromatic carbocycles. The Morgan fingerprint density at radius 1 is 0.351 bits per heavy atom. The van der Waals surface area contributed by atoms with Gasteiger partial charge in [0.1, 0.15) is 0 Å². The van der Waals surface area contributed by atoms with Crippen molar-refractivity contribution >= 4 is 34.4 Å². The Kier molecular flexibility index (Phi) is 10.2. The molecule has 5 nitrogen and oxygen atoms in total. The lowest BCUT2D eigenvalue weighted by Crippen LogP contribution is -2.20. The summed E-state index contributed by atoms with van der Waals surface area (Å²) < 4.78 is 0. The third-order valence-corrected chi connectivity index (χ3v) is 10.6. The highest BCUT2D eigenvalue weighted by Crippen LogP contribution is 2.47. The summed E-state index contributed by atoms with van der Waals surface area (Å²) in [7, 11) is 0. The van der Waals surface area contributed by atoms with Crippen LogP contribution < -0.4 is 9.80 Å². The molecule has 0 atom stereocenters. The zero-order chi connectivity index (χ0) is 39.6. The Morgan fingerprint density at radius 2 is 0.754 bits per heavy atom. The summed E-state index contributed by atoms with van der Waals surface area (Å²) in [6.07, 6.45) is 0. The van der Waals surface area contributed by atoms with E-state index in [4.69, 9.17) is 15.0 Å². The van der Waals surface area contributed by atoms with Gasteiger partial charge in [0.05, 0.1) is 22.7 Å². The quantitative estimate of drug-likeness (QED) is 0.147. The average molecular weight is 742 g/mol. The highest BCUT2D eigenvalue weighted by Gasteiger charge is 2.27. The number of hydrogen-bond donors (Lipinski definition) is 0. The van der Waals surface area contributed by atoms with Crippen LogP contribution in [0.4, 0.5) is 34.4 Å². The molecule has 0 fully saturated rings. The van der Waals surface area contributed by atoms with Gasteiger partial charge in [0.2, 0.25) is 5.95 Å². The smallest absolute Gasteiger partial charge is 0.238 e. The van der Waals surface area contributed by atoms with E-state index in [0.29, 0.717) is 17.6 Å². The fraction of sp³-hybridized carbons (Fsp3) is 0.135. The molecular formula is C52H47N5. The molecule has 280 valence electrons. The van der Waals surface area contributed by atoms with Gasteiger partial charge in [-0.15, -0.1) is 0 Å².